The molecule has 0 saturated heterocycles. The maximum Gasteiger partial charge on any atom is 0.335 e. The third-order valence-corrected chi connectivity index (χ3v) is 7.65. The van der Waals surface area contributed by atoms with E-state index in [1.165, 1.54) is 5.56 Å². The van der Waals surface area contributed by atoms with E-state index in [-0.39, 0.29) is 18.1 Å². The lowest BCUT2D eigenvalue weighted by atomic mass is 9.98. The van der Waals surface area contributed by atoms with Gasteiger partial charge in [0.05, 0.1) is 5.56 Å². The number of ether oxygens (including phenoxy) is 1. The molecule has 7 nitrogen and oxygen atoms in total. The number of H-pyrrole nitrogens is 1. The van der Waals surface area contributed by atoms with Gasteiger partial charge < -0.3 is 20.1 Å². The Labute approximate surface area is 252 Å². The minimum absolute atomic E-state index is 0.222. The zero-order chi connectivity index (χ0) is 30.2. The molecular formula is C36H37N3O4. The van der Waals surface area contributed by atoms with E-state index in [0.29, 0.717) is 19.4 Å². The Morgan fingerprint density at radius 2 is 1.65 bits per heavy atom. The Balaban J connectivity index is 1.36. The van der Waals surface area contributed by atoms with Crippen LogP contribution in [0.1, 0.15) is 51.0 Å². The van der Waals surface area contributed by atoms with Gasteiger partial charge in [-0.15, -0.1) is 0 Å². The third kappa shape index (κ3) is 7.76. The minimum atomic E-state index is -0.962. The number of carbonyl (C=O) groups excluding carboxylic acids is 1. The molecule has 0 aliphatic heterocycles. The molecule has 43 heavy (non-hydrogen) atoms. The molecule has 2 heterocycles. The van der Waals surface area contributed by atoms with Crippen LogP contribution in [-0.4, -0.2) is 39.6 Å². The quantitative estimate of drug-likeness (QED) is 0.133. The van der Waals surface area contributed by atoms with E-state index in [0.717, 1.165) is 57.3 Å². The summed E-state index contributed by atoms with van der Waals surface area (Å²) in [4.78, 5) is 32.7. The summed E-state index contributed by atoms with van der Waals surface area (Å²) in [5.41, 5.74) is 8.58. The summed E-state index contributed by atoms with van der Waals surface area (Å²) in [6.07, 6.45) is 6.43. The molecule has 5 aromatic rings. The normalized spacial score (nSPS) is 11.9. The largest absolute Gasteiger partial charge is 0.478 e. The van der Waals surface area contributed by atoms with Crippen molar-refractivity contribution in [2.24, 2.45) is 0 Å². The van der Waals surface area contributed by atoms with E-state index in [9.17, 15) is 14.7 Å². The van der Waals surface area contributed by atoms with Gasteiger partial charge in [0.15, 0.2) is 0 Å². The lowest BCUT2D eigenvalue weighted by Crippen LogP contribution is -2.39. The second kappa shape index (κ2) is 13.9. The van der Waals surface area contributed by atoms with Crippen LogP contribution in [0.2, 0.25) is 0 Å². The molecule has 220 valence electrons. The van der Waals surface area contributed by atoms with Crippen molar-refractivity contribution in [1.29, 1.82) is 0 Å². The summed E-state index contributed by atoms with van der Waals surface area (Å²) >= 11 is 0. The number of carboxylic acids is 1. The van der Waals surface area contributed by atoms with E-state index in [4.69, 9.17) is 4.74 Å². The fraction of sp³-hybridized carbons (Fsp3) is 0.250. The molecule has 3 aromatic carbocycles. The third-order valence-electron chi connectivity index (χ3n) is 7.65. The van der Waals surface area contributed by atoms with Crippen molar-refractivity contribution >= 4 is 22.8 Å². The molecule has 0 spiro atoms. The molecule has 5 rings (SSSR count). The van der Waals surface area contributed by atoms with Gasteiger partial charge in [0.1, 0.15) is 12.6 Å². The number of carbonyl (C=O) groups is 2. The highest BCUT2D eigenvalue weighted by Crippen LogP contribution is 2.32. The smallest absolute Gasteiger partial charge is 0.335 e. The number of aryl methyl sites for hydroxylation is 3. The topological polar surface area (TPSA) is 104 Å². The summed E-state index contributed by atoms with van der Waals surface area (Å²) in [7, 11) is 0. The average Bonchev–Trinajstić information content (AvgIpc) is 3.37. The molecule has 1 unspecified atom stereocenters. The van der Waals surface area contributed by atoms with Crippen LogP contribution in [0.15, 0.2) is 91.3 Å². The number of rotatable bonds is 13. The Kier molecular flexibility index (Phi) is 9.64. The Morgan fingerprint density at radius 1 is 0.907 bits per heavy atom. The summed E-state index contributed by atoms with van der Waals surface area (Å²) in [6.45, 7) is 4.88. The predicted octanol–water partition coefficient (Wildman–Crippen LogP) is 6.81. The maximum absolute atomic E-state index is 13.3. The molecule has 0 radical (unpaired) electrons. The van der Waals surface area contributed by atoms with Gasteiger partial charge in [0, 0.05) is 35.5 Å². The van der Waals surface area contributed by atoms with Crippen LogP contribution < -0.4 is 5.32 Å². The number of esters is 1. The number of nitrogens with one attached hydrogen (secondary N) is 2. The molecule has 0 amide bonds. The zero-order valence-electron chi connectivity index (χ0n) is 24.6. The molecule has 1 atom stereocenters. The van der Waals surface area contributed by atoms with Gasteiger partial charge in [-0.05, 0) is 104 Å². The number of nitrogens with zero attached hydrogens (tertiary/aromatic N) is 1. The monoisotopic (exact) mass is 575 g/mol. The summed E-state index contributed by atoms with van der Waals surface area (Å²) in [5.74, 6) is -1.24. The van der Waals surface area contributed by atoms with E-state index in [1.54, 1.807) is 24.5 Å². The standard InChI is InChI=1S/C36H37N3O4/c1-24-19-25(2)21-29(20-24)34-30(31-22-28(35(40)41)11-12-32(31)39-34)15-18-38-33(10-6-9-26-13-16-37-17-14-26)36(42)43-23-27-7-4-3-5-8-27/h3-5,7-8,11-14,16-17,19-22,33,38-39H,6,9-10,15,18,23H2,1-2H3,(H,40,41). The molecular weight excluding hydrogens is 538 g/mol. The van der Waals surface area contributed by atoms with Gasteiger partial charge >= 0.3 is 11.9 Å². The van der Waals surface area contributed by atoms with Crippen LogP contribution >= 0.6 is 0 Å². The lowest BCUT2D eigenvalue weighted by Gasteiger charge is -2.18. The van der Waals surface area contributed by atoms with Crippen LogP contribution in [-0.2, 0) is 29.0 Å². The molecule has 0 aliphatic carbocycles. The maximum atomic E-state index is 13.3. The van der Waals surface area contributed by atoms with Crippen molar-refractivity contribution in [3.05, 3.63) is 125 Å². The minimum Gasteiger partial charge on any atom is -0.478 e. The number of fused-ring (bicyclic) bond motifs is 1. The number of aromatic carboxylic acids is 1. The molecule has 0 aliphatic rings. The van der Waals surface area contributed by atoms with Crippen LogP contribution in [0.3, 0.4) is 0 Å². The molecule has 0 saturated carbocycles. The Hall–Kier alpha value is -4.75. The highest BCUT2D eigenvalue weighted by Gasteiger charge is 2.21. The first-order valence-electron chi connectivity index (χ1n) is 14.7. The van der Waals surface area contributed by atoms with Crippen LogP contribution in [0.5, 0.6) is 0 Å². The predicted molar refractivity (Wildman–Crippen MR) is 169 cm³/mol. The van der Waals surface area contributed by atoms with Crippen molar-refractivity contribution in [3.8, 4) is 11.3 Å². The number of aromatic nitrogens is 2. The highest BCUT2D eigenvalue weighted by atomic mass is 16.5. The first-order chi connectivity index (χ1) is 20.9. The molecule has 3 N–H and O–H groups in total. The van der Waals surface area contributed by atoms with E-state index >= 15 is 0 Å². The summed E-state index contributed by atoms with van der Waals surface area (Å²) in [5, 5.41) is 14.0. The Bertz CT molecular complexity index is 1680. The van der Waals surface area contributed by atoms with Crippen LogP contribution in [0, 0.1) is 13.8 Å². The molecule has 7 heteroatoms. The van der Waals surface area contributed by atoms with Crippen molar-refractivity contribution in [3.63, 3.8) is 0 Å². The zero-order valence-corrected chi connectivity index (χ0v) is 24.6. The second-order valence-electron chi connectivity index (χ2n) is 11.0. The van der Waals surface area contributed by atoms with Crippen molar-refractivity contribution in [2.75, 3.05) is 6.54 Å². The van der Waals surface area contributed by atoms with Gasteiger partial charge in [-0.2, -0.15) is 0 Å². The number of carboxylic acid groups (broad SMARTS) is 1. The van der Waals surface area contributed by atoms with Gasteiger partial charge in [-0.25, -0.2) is 4.79 Å². The first kappa shape index (κ1) is 29.7. The van der Waals surface area contributed by atoms with Crippen molar-refractivity contribution in [1.82, 2.24) is 15.3 Å². The van der Waals surface area contributed by atoms with Gasteiger partial charge in [-0.1, -0.05) is 47.5 Å². The highest BCUT2D eigenvalue weighted by molar-refractivity contribution is 5.97. The van der Waals surface area contributed by atoms with Gasteiger partial charge in [0.2, 0.25) is 0 Å². The number of aromatic amines is 1. The fourth-order valence-corrected chi connectivity index (χ4v) is 5.57. The SMILES string of the molecule is Cc1cc(C)cc(-c2[nH]c3ccc(C(=O)O)cc3c2CCNC(CCCc2ccncc2)C(=O)OCc2ccccc2)c1. The van der Waals surface area contributed by atoms with Crippen LogP contribution in [0.4, 0.5) is 0 Å². The second-order valence-corrected chi connectivity index (χ2v) is 11.0. The molecule has 2 aromatic heterocycles. The number of hydrogen-bond acceptors (Lipinski definition) is 5. The first-order valence-corrected chi connectivity index (χ1v) is 14.7. The number of pyridine rings is 1. The summed E-state index contributed by atoms with van der Waals surface area (Å²) < 4.78 is 5.73. The fourth-order valence-electron chi connectivity index (χ4n) is 5.57. The van der Waals surface area contributed by atoms with E-state index < -0.39 is 12.0 Å². The number of hydrogen-bond donors (Lipinski definition) is 3. The Morgan fingerprint density at radius 3 is 2.37 bits per heavy atom. The molecule has 0 fully saturated rings. The summed E-state index contributed by atoms with van der Waals surface area (Å²) in [6, 6.07) is 24.8. The van der Waals surface area contributed by atoms with Crippen molar-refractivity contribution in [2.45, 2.75) is 52.2 Å². The lowest BCUT2D eigenvalue weighted by molar-refractivity contribution is -0.147. The molecule has 0 bridgehead atoms. The van der Waals surface area contributed by atoms with Crippen LogP contribution in [0.25, 0.3) is 22.2 Å². The van der Waals surface area contributed by atoms with Gasteiger partial charge in [-0.3, -0.25) is 9.78 Å². The van der Waals surface area contributed by atoms with E-state index in [1.807, 2.05) is 48.5 Å². The number of benzene rings is 3. The average molecular weight is 576 g/mol. The van der Waals surface area contributed by atoms with E-state index in [2.05, 4.69) is 47.3 Å². The van der Waals surface area contributed by atoms with Crippen molar-refractivity contribution < 1.29 is 19.4 Å². The van der Waals surface area contributed by atoms with Gasteiger partial charge in [0.25, 0.3) is 0 Å².